The van der Waals surface area contributed by atoms with Gasteiger partial charge in [-0.25, -0.2) is 0 Å². The number of hydrogen-bond donors (Lipinski definition) is 0. The number of piperazine rings is 1. The first-order valence-electron chi connectivity index (χ1n) is 6.79. The molecule has 2 fully saturated rings. The number of amides is 2. The van der Waals surface area contributed by atoms with Crippen molar-refractivity contribution in [2.24, 2.45) is 0 Å². The van der Waals surface area contributed by atoms with Crippen molar-refractivity contribution in [2.45, 2.75) is 38.6 Å². The van der Waals surface area contributed by atoms with Crippen molar-refractivity contribution in [3.8, 4) is 0 Å². The Morgan fingerprint density at radius 2 is 2.00 bits per heavy atom. The van der Waals surface area contributed by atoms with Crippen molar-refractivity contribution < 1.29 is 14.3 Å². The molecule has 5 nitrogen and oxygen atoms in total. The lowest BCUT2D eigenvalue weighted by Gasteiger charge is -2.52. The quantitative estimate of drug-likeness (QED) is 0.726. The van der Waals surface area contributed by atoms with Crippen LogP contribution in [0.3, 0.4) is 0 Å². The van der Waals surface area contributed by atoms with Crippen LogP contribution in [0, 0.1) is 0 Å². The molecule has 0 aromatic heterocycles. The molecular weight excluding hydrogens is 232 g/mol. The van der Waals surface area contributed by atoms with Gasteiger partial charge in [-0.15, -0.1) is 0 Å². The number of ether oxygens (including phenoxy) is 1. The summed E-state index contributed by atoms with van der Waals surface area (Å²) in [7, 11) is 0. The summed E-state index contributed by atoms with van der Waals surface area (Å²) in [6.07, 6.45) is 2.13. The maximum Gasteiger partial charge on any atom is 0.242 e. The summed E-state index contributed by atoms with van der Waals surface area (Å²) in [4.78, 5) is 27.8. The van der Waals surface area contributed by atoms with Gasteiger partial charge in [-0.05, 0) is 19.8 Å². The molecule has 0 unspecified atom stereocenters. The minimum absolute atomic E-state index is 0.0740. The third kappa shape index (κ3) is 2.23. The summed E-state index contributed by atoms with van der Waals surface area (Å²) in [5.74, 6) is 0.150. The molecule has 0 aromatic rings. The third-order valence-electron chi connectivity index (χ3n) is 4.08. The minimum atomic E-state index is -0.187. The zero-order valence-corrected chi connectivity index (χ0v) is 11.3. The van der Waals surface area contributed by atoms with Crippen LogP contribution < -0.4 is 0 Å². The molecule has 2 rings (SSSR count). The fourth-order valence-electron chi connectivity index (χ4n) is 3.10. The Hall–Kier alpha value is -1.10. The van der Waals surface area contributed by atoms with E-state index in [0.29, 0.717) is 32.7 Å². The van der Waals surface area contributed by atoms with Crippen LogP contribution in [0.1, 0.15) is 33.1 Å². The molecule has 0 N–H and O–H groups in total. The summed E-state index contributed by atoms with van der Waals surface area (Å²) in [6, 6.07) is 0. The van der Waals surface area contributed by atoms with Gasteiger partial charge in [0.25, 0.3) is 0 Å². The topological polar surface area (TPSA) is 49.9 Å². The number of carbonyl (C=O) groups is 2. The summed E-state index contributed by atoms with van der Waals surface area (Å²) < 4.78 is 5.41. The highest BCUT2D eigenvalue weighted by Crippen LogP contribution is 2.32. The highest BCUT2D eigenvalue weighted by molar-refractivity contribution is 5.86. The molecule has 2 heterocycles. The lowest BCUT2D eigenvalue weighted by Crippen LogP contribution is -2.67. The van der Waals surface area contributed by atoms with Gasteiger partial charge in [0.2, 0.25) is 11.8 Å². The van der Waals surface area contributed by atoms with E-state index in [2.05, 4.69) is 0 Å². The van der Waals surface area contributed by atoms with Gasteiger partial charge in [-0.3, -0.25) is 9.59 Å². The lowest BCUT2D eigenvalue weighted by molar-refractivity contribution is -0.160. The van der Waals surface area contributed by atoms with E-state index in [1.807, 2.05) is 18.7 Å². The van der Waals surface area contributed by atoms with E-state index in [4.69, 9.17) is 4.74 Å². The van der Waals surface area contributed by atoms with Crippen LogP contribution >= 0.6 is 0 Å². The Kier molecular flexibility index (Phi) is 3.90. The van der Waals surface area contributed by atoms with Crippen LogP contribution in [0.4, 0.5) is 0 Å². The van der Waals surface area contributed by atoms with Gasteiger partial charge >= 0.3 is 0 Å². The van der Waals surface area contributed by atoms with E-state index in [-0.39, 0.29) is 23.9 Å². The Bertz CT molecular complexity index is 337. The monoisotopic (exact) mass is 254 g/mol. The number of carbonyl (C=O) groups excluding carboxylic acids is 2. The Morgan fingerprint density at radius 3 is 2.56 bits per heavy atom. The van der Waals surface area contributed by atoms with E-state index >= 15 is 0 Å². The summed E-state index contributed by atoms with van der Waals surface area (Å²) in [5, 5.41) is 0. The first-order chi connectivity index (χ1) is 8.63. The van der Waals surface area contributed by atoms with Gasteiger partial charge in [-0.2, -0.15) is 0 Å². The predicted octanol–water partition coefficient (Wildman–Crippen LogP) is 0.636. The molecule has 2 aliphatic rings. The highest BCUT2D eigenvalue weighted by atomic mass is 16.5. The maximum absolute atomic E-state index is 12.2. The fraction of sp³-hybridized carbons (Fsp3) is 0.846. The zero-order chi connectivity index (χ0) is 13.2. The standard InChI is InChI=1S/C13H22N2O3/c1-3-11(16)14-9-12(17)15(4-2)13(10-14)5-7-18-8-6-13/h3-10H2,1-2H3. The van der Waals surface area contributed by atoms with Gasteiger partial charge in [0, 0.05) is 32.7 Å². The minimum Gasteiger partial charge on any atom is -0.381 e. The van der Waals surface area contributed by atoms with E-state index in [0.717, 1.165) is 12.8 Å². The second-order valence-corrected chi connectivity index (χ2v) is 5.08. The summed E-state index contributed by atoms with van der Waals surface area (Å²) in [6.45, 7) is 6.83. The second-order valence-electron chi connectivity index (χ2n) is 5.08. The SMILES string of the molecule is CCC(=O)N1CC(=O)N(CC)C2(CCOCC2)C1. The summed E-state index contributed by atoms with van der Waals surface area (Å²) in [5.41, 5.74) is -0.187. The lowest BCUT2D eigenvalue weighted by atomic mass is 9.85. The Morgan fingerprint density at radius 1 is 1.33 bits per heavy atom. The molecule has 0 saturated carbocycles. The van der Waals surface area contributed by atoms with E-state index in [9.17, 15) is 9.59 Å². The highest BCUT2D eigenvalue weighted by Gasteiger charge is 2.46. The van der Waals surface area contributed by atoms with Crippen molar-refractivity contribution in [1.29, 1.82) is 0 Å². The molecular formula is C13H22N2O3. The number of nitrogens with zero attached hydrogens (tertiary/aromatic N) is 2. The molecule has 5 heteroatoms. The smallest absolute Gasteiger partial charge is 0.242 e. The first-order valence-corrected chi connectivity index (χ1v) is 6.79. The molecule has 0 aliphatic carbocycles. The van der Waals surface area contributed by atoms with Gasteiger partial charge in [0.15, 0.2) is 0 Å². The van der Waals surface area contributed by atoms with Crippen molar-refractivity contribution >= 4 is 11.8 Å². The molecule has 18 heavy (non-hydrogen) atoms. The van der Waals surface area contributed by atoms with Gasteiger partial charge in [0.05, 0.1) is 12.1 Å². The average Bonchev–Trinajstić information content (AvgIpc) is 2.38. The van der Waals surface area contributed by atoms with E-state index in [1.54, 1.807) is 4.90 Å². The average molecular weight is 254 g/mol. The Labute approximate surface area is 108 Å². The fourth-order valence-corrected chi connectivity index (χ4v) is 3.10. The Balaban J connectivity index is 2.22. The summed E-state index contributed by atoms with van der Waals surface area (Å²) >= 11 is 0. The van der Waals surface area contributed by atoms with Crippen LogP contribution in [-0.2, 0) is 14.3 Å². The van der Waals surface area contributed by atoms with Crippen molar-refractivity contribution in [2.75, 3.05) is 32.8 Å². The van der Waals surface area contributed by atoms with E-state index in [1.165, 1.54) is 0 Å². The molecule has 1 spiro atoms. The van der Waals surface area contributed by atoms with Gasteiger partial charge < -0.3 is 14.5 Å². The van der Waals surface area contributed by atoms with Crippen molar-refractivity contribution in [3.05, 3.63) is 0 Å². The van der Waals surface area contributed by atoms with Crippen molar-refractivity contribution in [1.82, 2.24) is 9.80 Å². The van der Waals surface area contributed by atoms with Gasteiger partial charge in [-0.1, -0.05) is 6.92 Å². The molecule has 102 valence electrons. The molecule has 2 aliphatic heterocycles. The van der Waals surface area contributed by atoms with Crippen LogP contribution in [0.15, 0.2) is 0 Å². The first kappa shape index (κ1) is 13.3. The third-order valence-corrected chi connectivity index (χ3v) is 4.08. The number of rotatable bonds is 2. The van der Waals surface area contributed by atoms with E-state index < -0.39 is 0 Å². The number of likely N-dealkylation sites (N-methyl/N-ethyl adjacent to an activating group) is 1. The normalized spacial score (nSPS) is 23.6. The maximum atomic E-state index is 12.2. The zero-order valence-electron chi connectivity index (χ0n) is 11.3. The van der Waals surface area contributed by atoms with Crippen LogP contribution in [-0.4, -0.2) is 60.0 Å². The van der Waals surface area contributed by atoms with Crippen molar-refractivity contribution in [3.63, 3.8) is 0 Å². The largest absolute Gasteiger partial charge is 0.381 e. The predicted molar refractivity (Wildman–Crippen MR) is 67.0 cm³/mol. The molecule has 2 amide bonds. The second kappa shape index (κ2) is 5.26. The molecule has 0 atom stereocenters. The van der Waals surface area contributed by atoms with Crippen LogP contribution in [0.5, 0.6) is 0 Å². The molecule has 0 bridgehead atoms. The molecule has 0 aromatic carbocycles. The van der Waals surface area contributed by atoms with Gasteiger partial charge in [0.1, 0.15) is 0 Å². The number of hydrogen-bond acceptors (Lipinski definition) is 3. The molecule has 0 radical (unpaired) electrons. The van der Waals surface area contributed by atoms with Crippen LogP contribution in [0.2, 0.25) is 0 Å². The molecule has 2 saturated heterocycles. The van der Waals surface area contributed by atoms with Crippen LogP contribution in [0.25, 0.3) is 0 Å².